The van der Waals surface area contributed by atoms with Crippen LogP contribution in [0.3, 0.4) is 0 Å². The number of unbranched alkanes of at least 4 members (excludes halogenated alkanes) is 14. The number of rotatable bonds is 23. The highest BCUT2D eigenvalue weighted by Crippen LogP contribution is 2.18. The van der Waals surface area contributed by atoms with Crippen LogP contribution in [0, 0.1) is 0 Å². The predicted molar refractivity (Wildman–Crippen MR) is 132 cm³/mol. The van der Waals surface area contributed by atoms with Gasteiger partial charge >= 0.3 is 5.97 Å². The van der Waals surface area contributed by atoms with Gasteiger partial charge in [0.25, 0.3) is 0 Å². The first-order valence-corrected chi connectivity index (χ1v) is 13.4. The Labute approximate surface area is 189 Å². The Balaban J connectivity index is 4.01. The molecule has 0 N–H and O–H groups in total. The average molecular weight is 426 g/mol. The van der Waals surface area contributed by atoms with E-state index in [0.29, 0.717) is 6.42 Å². The lowest BCUT2D eigenvalue weighted by Gasteiger charge is -2.18. The molecule has 0 aromatic carbocycles. The van der Waals surface area contributed by atoms with Crippen LogP contribution >= 0.6 is 0 Å². The fraction of sp³-hybridized carbons (Fsp3) is 0.963. The molecule has 0 aromatic heterocycles. The molecule has 3 nitrogen and oxygen atoms in total. The molecule has 3 heteroatoms. The van der Waals surface area contributed by atoms with Crippen molar-refractivity contribution < 1.29 is 9.53 Å². The van der Waals surface area contributed by atoms with Crippen molar-refractivity contribution in [3.8, 4) is 0 Å². The molecular weight excluding hydrogens is 370 g/mol. The van der Waals surface area contributed by atoms with E-state index in [9.17, 15) is 4.79 Å². The zero-order valence-corrected chi connectivity index (χ0v) is 21.2. The van der Waals surface area contributed by atoms with E-state index in [1.54, 1.807) is 0 Å². The summed E-state index contributed by atoms with van der Waals surface area (Å²) in [4.78, 5) is 14.5. The largest absolute Gasteiger partial charge is 0.462 e. The van der Waals surface area contributed by atoms with Gasteiger partial charge in [-0.1, -0.05) is 97.3 Å². The fourth-order valence-electron chi connectivity index (χ4n) is 4.04. The van der Waals surface area contributed by atoms with Crippen molar-refractivity contribution in [3.63, 3.8) is 0 Å². The molecule has 0 saturated heterocycles. The molecule has 0 fully saturated rings. The highest BCUT2D eigenvalue weighted by Gasteiger charge is 2.14. The van der Waals surface area contributed by atoms with E-state index in [0.717, 1.165) is 32.2 Å². The molecule has 30 heavy (non-hydrogen) atoms. The van der Waals surface area contributed by atoms with Crippen LogP contribution in [-0.2, 0) is 9.53 Å². The standard InChI is InChI=1S/C27H55NO2/c1-5-7-9-11-13-14-15-17-19-23-26(22-18-16-12-10-8-6-2)30-27(29)24-20-21-25-28(3)4/h26H,5-25H2,1-4H3. The number of carbonyl (C=O) groups is 1. The normalized spacial score (nSPS) is 12.4. The molecule has 0 spiro atoms. The van der Waals surface area contributed by atoms with Crippen molar-refractivity contribution in [1.29, 1.82) is 0 Å². The summed E-state index contributed by atoms with van der Waals surface area (Å²) in [6.45, 7) is 5.59. The van der Waals surface area contributed by atoms with Gasteiger partial charge in [0.1, 0.15) is 6.10 Å². The molecule has 0 aliphatic heterocycles. The molecular formula is C27H55NO2. The van der Waals surface area contributed by atoms with Gasteiger partial charge in [-0.05, 0) is 59.2 Å². The van der Waals surface area contributed by atoms with Gasteiger partial charge in [0.2, 0.25) is 0 Å². The van der Waals surface area contributed by atoms with Crippen LogP contribution in [0.25, 0.3) is 0 Å². The Morgan fingerprint density at radius 3 is 1.50 bits per heavy atom. The maximum absolute atomic E-state index is 12.3. The number of carbonyl (C=O) groups excluding carboxylic acids is 1. The summed E-state index contributed by atoms with van der Waals surface area (Å²) >= 11 is 0. The molecule has 0 bridgehead atoms. The highest BCUT2D eigenvalue weighted by molar-refractivity contribution is 5.69. The first kappa shape index (κ1) is 29.4. The number of ether oxygens (including phenoxy) is 1. The molecule has 0 radical (unpaired) electrons. The third-order valence-electron chi connectivity index (χ3n) is 6.04. The van der Waals surface area contributed by atoms with Gasteiger partial charge in [-0.2, -0.15) is 0 Å². The fourth-order valence-corrected chi connectivity index (χ4v) is 4.04. The lowest BCUT2D eigenvalue weighted by molar-refractivity contribution is -0.150. The number of hydrogen-bond acceptors (Lipinski definition) is 3. The Hall–Kier alpha value is -0.570. The molecule has 0 aliphatic carbocycles. The van der Waals surface area contributed by atoms with Crippen LogP contribution in [-0.4, -0.2) is 37.6 Å². The highest BCUT2D eigenvalue weighted by atomic mass is 16.5. The monoisotopic (exact) mass is 425 g/mol. The summed E-state index contributed by atoms with van der Waals surface area (Å²) < 4.78 is 5.90. The van der Waals surface area contributed by atoms with E-state index in [-0.39, 0.29) is 12.1 Å². The quantitative estimate of drug-likeness (QED) is 0.122. The first-order valence-electron chi connectivity index (χ1n) is 13.4. The van der Waals surface area contributed by atoms with E-state index in [4.69, 9.17) is 4.74 Å². The Morgan fingerprint density at radius 1 is 0.633 bits per heavy atom. The van der Waals surface area contributed by atoms with E-state index in [1.807, 2.05) is 0 Å². The SMILES string of the molecule is CCCCCCCCCCCC(CCCCCCCC)OC(=O)CCCCN(C)C. The number of nitrogens with zero attached hydrogens (tertiary/aromatic N) is 1. The maximum atomic E-state index is 12.3. The number of hydrogen-bond donors (Lipinski definition) is 0. The van der Waals surface area contributed by atoms with Crippen molar-refractivity contribution >= 4 is 5.97 Å². The molecule has 0 aromatic rings. The van der Waals surface area contributed by atoms with E-state index in [2.05, 4.69) is 32.8 Å². The summed E-state index contributed by atoms with van der Waals surface area (Å²) in [5.41, 5.74) is 0. The van der Waals surface area contributed by atoms with Gasteiger partial charge in [0, 0.05) is 6.42 Å². The van der Waals surface area contributed by atoms with Crippen LogP contribution in [0.2, 0.25) is 0 Å². The molecule has 0 amide bonds. The van der Waals surface area contributed by atoms with Gasteiger partial charge < -0.3 is 9.64 Å². The number of esters is 1. The molecule has 0 heterocycles. The third-order valence-corrected chi connectivity index (χ3v) is 6.04. The van der Waals surface area contributed by atoms with Crippen LogP contribution in [0.15, 0.2) is 0 Å². The van der Waals surface area contributed by atoms with Crippen LogP contribution in [0.4, 0.5) is 0 Å². The lowest BCUT2D eigenvalue weighted by atomic mass is 10.0. The van der Waals surface area contributed by atoms with Gasteiger partial charge in [-0.25, -0.2) is 0 Å². The Kier molecular flexibility index (Phi) is 22.7. The van der Waals surface area contributed by atoms with Crippen LogP contribution < -0.4 is 0 Å². The van der Waals surface area contributed by atoms with Crippen LogP contribution in [0.5, 0.6) is 0 Å². The van der Waals surface area contributed by atoms with Crippen molar-refractivity contribution in [2.75, 3.05) is 20.6 Å². The van der Waals surface area contributed by atoms with E-state index >= 15 is 0 Å². The van der Waals surface area contributed by atoms with Crippen molar-refractivity contribution in [3.05, 3.63) is 0 Å². The minimum absolute atomic E-state index is 0.0284. The van der Waals surface area contributed by atoms with Gasteiger partial charge in [0.05, 0.1) is 0 Å². The van der Waals surface area contributed by atoms with E-state index < -0.39 is 0 Å². The average Bonchev–Trinajstić information content (AvgIpc) is 2.72. The molecule has 1 unspecified atom stereocenters. The Morgan fingerprint density at radius 2 is 1.07 bits per heavy atom. The third kappa shape index (κ3) is 22.1. The zero-order valence-electron chi connectivity index (χ0n) is 21.2. The maximum Gasteiger partial charge on any atom is 0.306 e. The van der Waals surface area contributed by atoms with Crippen LogP contribution in [0.1, 0.15) is 142 Å². The minimum atomic E-state index is 0.0284. The zero-order chi connectivity index (χ0) is 22.3. The second kappa shape index (κ2) is 23.1. The van der Waals surface area contributed by atoms with Crippen molar-refractivity contribution in [2.24, 2.45) is 0 Å². The molecule has 1 atom stereocenters. The molecule has 0 saturated carbocycles. The predicted octanol–water partition coefficient (Wildman–Crippen LogP) is 8.30. The second-order valence-corrected chi connectivity index (χ2v) is 9.55. The summed E-state index contributed by atoms with van der Waals surface area (Å²) in [6, 6.07) is 0. The summed E-state index contributed by atoms with van der Waals surface area (Å²) in [6.07, 6.45) is 24.8. The molecule has 0 rings (SSSR count). The lowest BCUT2D eigenvalue weighted by Crippen LogP contribution is -2.19. The molecule has 0 aliphatic rings. The van der Waals surface area contributed by atoms with Gasteiger partial charge in [-0.3, -0.25) is 4.79 Å². The van der Waals surface area contributed by atoms with Crippen molar-refractivity contribution in [1.82, 2.24) is 4.90 Å². The van der Waals surface area contributed by atoms with Gasteiger partial charge in [-0.15, -0.1) is 0 Å². The summed E-state index contributed by atoms with van der Waals surface area (Å²) in [5.74, 6) is 0.0284. The summed E-state index contributed by atoms with van der Waals surface area (Å²) in [5, 5.41) is 0. The van der Waals surface area contributed by atoms with Crippen molar-refractivity contribution in [2.45, 2.75) is 148 Å². The summed E-state index contributed by atoms with van der Waals surface area (Å²) in [7, 11) is 4.17. The van der Waals surface area contributed by atoms with Gasteiger partial charge in [0.15, 0.2) is 0 Å². The second-order valence-electron chi connectivity index (χ2n) is 9.55. The Bertz CT molecular complexity index is 357. The molecule has 180 valence electrons. The first-order chi connectivity index (χ1) is 14.6. The minimum Gasteiger partial charge on any atom is -0.462 e. The van der Waals surface area contributed by atoms with E-state index in [1.165, 1.54) is 96.3 Å². The smallest absolute Gasteiger partial charge is 0.306 e. The topological polar surface area (TPSA) is 29.5 Å².